The number of fused-ring (bicyclic) bond motifs is 1. The summed E-state index contributed by atoms with van der Waals surface area (Å²) in [6.07, 6.45) is 2.15. The molecule has 202 valence electrons. The van der Waals surface area contributed by atoms with Crippen molar-refractivity contribution >= 4 is 5.91 Å². The zero-order valence-electron chi connectivity index (χ0n) is 22.0. The van der Waals surface area contributed by atoms with Gasteiger partial charge in [0.15, 0.2) is 0 Å². The Morgan fingerprint density at radius 3 is 2.58 bits per heavy atom. The van der Waals surface area contributed by atoms with Crippen molar-refractivity contribution in [1.82, 2.24) is 10.6 Å². The van der Waals surface area contributed by atoms with Crippen LogP contribution in [0.3, 0.4) is 0 Å². The molecule has 0 aromatic heterocycles. The number of carbonyl (C=O) groups excluding carboxylic acids is 1. The molecule has 38 heavy (non-hydrogen) atoms. The van der Waals surface area contributed by atoms with Crippen LogP contribution in [0, 0.1) is 18.6 Å². The second-order valence-corrected chi connectivity index (χ2v) is 10.2. The van der Waals surface area contributed by atoms with Gasteiger partial charge in [-0.25, -0.2) is 8.78 Å². The van der Waals surface area contributed by atoms with Crippen LogP contribution in [0.25, 0.3) is 0 Å². The third kappa shape index (κ3) is 7.39. The topological polar surface area (TPSA) is 70.6 Å². The van der Waals surface area contributed by atoms with Crippen LogP contribution in [0.1, 0.15) is 53.0 Å². The minimum Gasteiger partial charge on any atom is -0.496 e. The highest BCUT2D eigenvalue weighted by Gasteiger charge is 2.27. The van der Waals surface area contributed by atoms with E-state index in [1.54, 1.807) is 7.11 Å². The quantitative estimate of drug-likeness (QED) is 0.333. The standard InChI is InChI=1S/C31H36F2N2O3/c1-20-6-3-7-21(12-20)18-34-19-29(36)28(15-22-13-24(32)17-25(33)14-22)35-31(37)16-23-8-4-10-27-26(23)9-5-11-30(27)38-2/h3,5-7,9,11-14,17,23,28-29,34,36H,4,8,10,15-16,18-19H2,1-2H3,(H,35,37)/t23?,28-,29+/m0/s1. The van der Waals surface area contributed by atoms with Crippen molar-refractivity contribution < 1.29 is 23.4 Å². The molecular formula is C31H36F2N2O3. The van der Waals surface area contributed by atoms with E-state index in [-0.39, 0.29) is 31.2 Å². The number of nitrogens with one attached hydrogen (secondary N) is 2. The lowest BCUT2D eigenvalue weighted by Gasteiger charge is -2.29. The summed E-state index contributed by atoms with van der Waals surface area (Å²) in [4.78, 5) is 13.2. The number of methoxy groups -OCH3 is 1. The van der Waals surface area contributed by atoms with Gasteiger partial charge in [0.25, 0.3) is 0 Å². The summed E-state index contributed by atoms with van der Waals surface area (Å²) < 4.78 is 33.3. The van der Waals surface area contributed by atoms with E-state index in [1.165, 1.54) is 12.1 Å². The van der Waals surface area contributed by atoms with E-state index in [2.05, 4.69) is 16.7 Å². The average Bonchev–Trinajstić information content (AvgIpc) is 2.87. The number of aliphatic hydroxyl groups is 1. The van der Waals surface area contributed by atoms with Crippen LogP contribution in [0.5, 0.6) is 5.75 Å². The van der Waals surface area contributed by atoms with Crippen molar-refractivity contribution in [3.8, 4) is 5.75 Å². The number of hydrogen-bond acceptors (Lipinski definition) is 4. The van der Waals surface area contributed by atoms with Crippen molar-refractivity contribution in [3.05, 3.63) is 100 Å². The van der Waals surface area contributed by atoms with Gasteiger partial charge >= 0.3 is 0 Å². The molecule has 3 aromatic rings. The van der Waals surface area contributed by atoms with Gasteiger partial charge in [-0.05, 0) is 79.0 Å². The number of aryl methyl sites for hydroxylation is 1. The van der Waals surface area contributed by atoms with Gasteiger partial charge in [0.2, 0.25) is 5.91 Å². The first-order valence-corrected chi connectivity index (χ1v) is 13.2. The molecule has 1 aliphatic carbocycles. The Morgan fingerprint density at radius 1 is 1.08 bits per heavy atom. The van der Waals surface area contributed by atoms with Gasteiger partial charge in [0.05, 0.1) is 19.3 Å². The van der Waals surface area contributed by atoms with E-state index in [4.69, 9.17) is 4.74 Å². The molecule has 3 aromatic carbocycles. The maximum absolute atomic E-state index is 13.9. The highest BCUT2D eigenvalue weighted by atomic mass is 19.1. The number of amides is 1. The van der Waals surface area contributed by atoms with Crippen LogP contribution in [-0.4, -0.2) is 36.8 Å². The van der Waals surface area contributed by atoms with Gasteiger partial charge < -0.3 is 20.5 Å². The Labute approximate surface area is 223 Å². The predicted octanol–water partition coefficient (Wildman–Crippen LogP) is 4.97. The summed E-state index contributed by atoms with van der Waals surface area (Å²) in [5.74, 6) is -0.702. The molecule has 0 bridgehead atoms. The summed E-state index contributed by atoms with van der Waals surface area (Å²) >= 11 is 0. The van der Waals surface area contributed by atoms with E-state index in [0.29, 0.717) is 12.1 Å². The van der Waals surface area contributed by atoms with Crippen molar-refractivity contribution in [2.45, 2.75) is 63.6 Å². The second kappa shape index (κ2) is 13.0. The first kappa shape index (κ1) is 27.7. The molecule has 7 heteroatoms. The zero-order chi connectivity index (χ0) is 27.1. The molecule has 4 rings (SSSR count). The first-order valence-electron chi connectivity index (χ1n) is 13.2. The third-order valence-corrected chi connectivity index (χ3v) is 7.19. The van der Waals surface area contributed by atoms with Crippen LogP contribution >= 0.6 is 0 Å². The smallest absolute Gasteiger partial charge is 0.220 e. The molecule has 0 aliphatic heterocycles. The van der Waals surface area contributed by atoms with Gasteiger partial charge in [-0.15, -0.1) is 0 Å². The van der Waals surface area contributed by atoms with Crippen LogP contribution < -0.4 is 15.4 Å². The third-order valence-electron chi connectivity index (χ3n) is 7.19. The molecular weight excluding hydrogens is 486 g/mol. The van der Waals surface area contributed by atoms with Crippen molar-refractivity contribution in [2.24, 2.45) is 0 Å². The first-order chi connectivity index (χ1) is 18.3. The monoisotopic (exact) mass is 522 g/mol. The van der Waals surface area contributed by atoms with E-state index >= 15 is 0 Å². The maximum atomic E-state index is 13.9. The highest BCUT2D eigenvalue weighted by Crippen LogP contribution is 2.38. The lowest BCUT2D eigenvalue weighted by Crippen LogP contribution is -2.49. The van der Waals surface area contributed by atoms with Crippen molar-refractivity contribution in [2.75, 3.05) is 13.7 Å². The van der Waals surface area contributed by atoms with Crippen molar-refractivity contribution in [3.63, 3.8) is 0 Å². The zero-order valence-corrected chi connectivity index (χ0v) is 22.0. The fourth-order valence-corrected chi connectivity index (χ4v) is 5.40. The molecule has 1 unspecified atom stereocenters. The lowest BCUT2D eigenvalue weighted by molar-refractivity contribution is -0.123. The molecule has 0 fully saturated rings. The van der Waals surface area contributed by atoms with Gasteiger partial charge in [0, 0.05) is 25.6 Å². The minimum atomic E-state index is -0.964. The Hall–Kier alpha value is -3.29. The molecule has 3 N–H and O–H groups in total. The molecule has 0 saturated carbocycles. The number of aliphatic hydroxyl groups excluding tert-OH is 1. The Kier molecular flexibility index (Phi) is 9.48. The van der Waals surface area contributed by atoms with E-state index in [0.717, 1.165) is 53.3 Å². The number of benzene rings is 3. The summed E-state index contributed by atoms with van der Waals surface area (Å²) in [6.45, 7) is 2.78. The Bertz CT molecular complexity index is 1230. The van der Waals surface area contributed by atoms with E-state index < -0.39 is 23.8 Å². The normalized spacial score (nSPS) is 16.4. The van der Waals surface area contributed by atoms with Crippen molar-refractivity contribution in [1.29, 1.82) is 0 Å². The van der Waals surface area contributed by atoms with Gasteiger partial charge in [-0.3, -0.25) is 4.79 Å². The molecule has 1 amide bonds. The molecule has 3 atom stereocenters. The van der Waals surface area contributed by atoms with Gasteiger partial charge in [0.1, 0.15) is 17.4 Å². The molecule has 5 nitrogen and oxygen atoms in total. The van der Waals surface area contributed by atoms with Gasteiger partial charge in [-0.2, -0.15) is 0 Å². The minimum absolute atomic E-state index is 0.0395. The number of ether oxygens (including phenoxy) is 1. The highest BCUT2D eigenvalue weighted by molar-refractivity contribution is 5.77. The predicted molar refractivity (Wildman–Crippen MR) is 144 cm³/mol. The number of rotatable bonds is 11. The van der Waals surface area contributed by atoms with Crippen LogP contribution in [0.2, 0.25) is 0 Å². The largest absolute Gasteiger partial charge is 0.496 e. The summed E-state index contributed by atoms with van der Waals surface area (Å²) in [5.41, 5.74) is 4.86. The maximum Gasteiger partial charge on any atom is 0.220 e. The lowest BCUT2D eigenvalue weighted by atomic mass is 9.80. The van der Waals surface area contributed by atoms with E-state index in [9.17, 15) is 18.7 Å². The van der Waals surface area contributed by atoms with Crippen LogP contribution in [0.15, 0.2) is 60.7 Å². The molecule has 0 heterocycles. The number of halogens is 2. The van der Waals surface area contributed by atoms with Crippen LogP contribution in [-0.2, 0) is 24.2 Å². The van der Waals surface area contributed by atoms with Gasteiger partial charge in [-0.1, -0.05) is 42.0 Å². The Balaban J connectivity index is 1.44. The average molecular weight is 523 g/mol. The summed E-state index contributed by atoms with van der Waals surface area (Å²) in [5, 5.41) is 17.2. The molecule has 0 saturated heterocycles. The second-order valence-electron chi connectivity index (χ2n) is 10.2. The molecule has 0 radical (unpaired) electrons. The number of carbonyl (C=O) groups is 1. The Morgan fingerprint density at radius 2 is 1.84 bits per heavy atom. The van der Waals surface area contributed by atoms with E-state index in [1.807, 2.05) is 43.3 Å². The SMILES string of the molecule is COc1cccc2c1CCCC2CC(=O)N[C@@H](Cc1cc(F)cc(F)c1)[C@H](O)CNCc1cccc(C)c1. The molecule has 1 aliphatic rings. The molecule has 0 spiro atoms. The van der Waals surface area contributed by atoms with Crippen LogP contribution in [0.4, 0.5) is 8.78 Å². The number of hydrogen-bond donors (Lipinski definition) is 3. The fourth-order valence-electron chi connectivity index (χ4n) is 5.40. The fraction of sp³-hybridized carbons (Fsp3) is 0.387. The summed E-state index contributed by atoms with van der Waals surface area (Å²) in [6, 6.07) is 16.5. The summed E-state index contributed by atoms with van der Waals surface area (Å²) in [7, 11) is 1.65.